The maximum atomic E-state index is 8.01. The van der Waals surface area contributed by atoms with E-state index in [9.17, 15) is 0 Å². The first-order valence-electron chi connectivity index (χ1n) is 6.25. The molecule has 0 aliphatic heterocycles. The smallest absolute Gasteiger partial charge is 0.0426 e. The summed E-state index contributed by atoms with van der Waals surface area (Å²) in [5, 5.41) is 8.01. The normalized spacial score (nSPS) is 21.5. The lowest BCUT2D eigenvalue weighted by atomic mass is 9.99. The van der Waals surface area contributed by atoms with Gasteiger partial charge in [-0.3, -0.25) is 0 Å². The lowest BCUT2D eigenvalue weighted by molar-refractivity contribution is 0.921. The van der Waals surface area contributed by atoms with Crippen molar-refractivity contribution in [2.24, 2.45) is 5.92 Å². The average Bonchev–Trinajstić information content (AvgIpc) is 2.50. The second-order valence-corrected chi connectivity index (χ2v) is 4.54. The Bertz CT molecular complexity index is 356. The minimum atomic E-state index is 0.433. The van der Waals surface area contributed by atoms with Crippen molar-refractivity contribution < 1.29 is 0 Å². The van der Waals surface area contributed by atoms with Gasteiger partial charge in [0.2, 0.25) is 0 Å². The lowest BCUT2D eigenvalue weighted by Crippen LogP contribution is -1.98. The minimum Gasteiger partial charge on any atom is -0.304 e. The van der Waals surface area contributed by atoms with Crippen LogP contribution in [0.2, 0.25) is 0 Å². The molecule has 1 aliphatic carbocycles. The van der Waals surface area contributed by atoms with E-state index in [1.54, 1.807) is 0 Å². The van der Waals surface area contributed by atoms with Gasteiger partial charge in [0.25, 0.3) is 0 Å². The quantitative estimate of drug-likeness (QED) is 0.662. The number of allylic oxidation sites excluding steroid dienone is 6. The van der Waals surface area contributed by atoms with Gasteiger partial charge in [0.05, 0.1) is 0 Å². The van der Waals surface area contributed by atoms with Crippen LogP contribution in [0.25, 0.3) is 0 Å². The molecule has 1 aliphatic rings. The molecule has 16 heavy (non-hydrogen) atoms. The first-order valence-corrected chi connectivity index (χ1v) is 6.25. The summed E-state index contributed by atoms with van der Waals surface area (Å²) in [4.78, 5) is 0. The van der Waals surface area contributed by atoms with Crippen molar-refractivity contribution in [3.05, 3.63) is 34.9 Å². The van der Waals surface area contributed by atoms with Crippen LogP contribution in [0.3, 0.4) is 0 Å². The predicted molar refractivity (Wildman–Crippen MR) is 72.0 cm³/mol. The van der Waals surface area contributed by atoms with Gasteiger partial charge in [-0.1, -0.05) is 44.6 Å². The van der Waals surface area contributed by atoms with E-state index >= 15 is 0 Å². The Balaban J connectivity index is 2.90. The second-order valence-electron chi connectivity index (χ2n) is 4.54. The van der Waals surface area contributed by atoms with Crippen LogP contribution < -0.4 is 0 Å². The topological polar surface area (TPSA) is 23.9 Å². The molecular formula is C15H23N. The minimum absolute atomic E-state index is 0.433. The Morgan fingerprint density at radius 3 is 2.62 bits per heavy atom. The summed E-state index contributed by atoms with van der Waals surface area (Å²) in [6.45, 7) is 8.67. The zero-order valence-electron chi connectivity index (χ0n) is 10.9. The van der Waals surface area contributed by atoms with Crippen LogP contribution >= 0.6 is 0 Å². The molecule has 0 amide bonds. The van der Waals surface area contributed by atoms with Gasteiger partial charge in [0, 0.05) is 12.1 Å². The van der Waals surface area contributed by atoms with Crippen molar-refractivity contribution in [1.82, 2.24) is 0 Å². The largest absolute Gasteiger partial charge is 0.304 e. The number of nitrogens with one attached hydrogen (secondary N) is 1. The van der Waals surface area contributed by atoms with E-state index in [1.165, 1.54) is 16.7 Å². The highest BCUT2D eigenvalue weighted by molar-refractivity contribution is 6.06. The molecule has 0 radical (unpaired) electrons. The lowest BCUT2D eigenvalue weighted by Gasteiger charge is -2.06. The summed E-state index contributed by atoms with van der Waals surface area (Å²) in [6.07, 6.45) is 9.64. The third kappa shape index (κ3) is 2.94. The standard InChI is InChI=1S/C15H23N/c1-5-7-8-11(3)9-14-13(6-2)12(4)10-15(14)16/h7-9,11,16H,5-6,10H2,1-4H3/b8-7-,14-9-,16-15?. The monoisotopic (exact) mass is 217 g/mol. The zero-order chi connectivity index (χ0) is 12.1. The van der Waals surface area contributed by atoms with E-state index in [0.29, 0.717) is 5.92 Å². The molecule has 0 spiro atoms. The second kappa shape index (κ2) is 5.83. The molecule has 1 nitrogen and oxygen atoms in total. The third-order valence-corrected chi connectivity index (χ3v) is 3.07. The van der Waals surface area contributed by atoms with Crippen LogP contribution in [0.1, 0.15) is 47.0 Å². The molecule has 0 bridgehead atoms. The van der Waals surface area contributed by atoms with Crippen LogP contribution in [0.15, 0.2) is 34.9 Å². The Morgan fingerprint density at radius 1 is 1.38 bits per heavy atom. The molecule has 0 heterocycles. The summed E-state index contributed by atoms with van der Waals surface area (Å²) < 4.78 is 0. The van der Waals surface area contributed by atoms with E-state index in [1.807, 2.05) is 0 Å². The van der Waals surface area contributed by atoms with Gasteiger partial charge in [-0.25, -0.2) is 0 Å². The molecule has 1 heteroatoms. The molecule has 0 aromatic carbocycles. The summed E-state index contributed by atoms with van der Waals surface area (Å²) in [5.41, 5.74) is 4.76. The van der Waals surface area contributed by atoms with Gasteiger partial charge in [0.1, 0.15) is 0 Å². The molecule has 1 atom stereocenters. The van der Waals surface area contributed by atoms with E-state index < -0.39 is 0 Å². The van der Waals surface area contributed by atoms with Crippen LogP contribution in [-0.4, -0.2) is 5.71 Å². The summed E-state index contributed by atoms with van der Waals surface area (Å²) >= 11 is 0. The third-order valence-electron chi connectivity index (χ3n) is 3.07. The molecule has 1 rings (SSSR count). The fourth-order valence-electron chi connectivity index (χ4n) is 2.24. The van der Waals surface area contributed by atoms with Crippen LogP contribution in [0.4, 0.5) is 0 Å². The Labute approximate surface area is 99.5 Å². The first-order chi connectivity index (χ1) is 7.60. The highest BCUT2D eigenvalue weighted by Crippen LogP contribution is 2.31. The van der Waals surface area contributed by atoms with Crippen LogP contribution in [-0.2, 0) is 0 Å². The molecule has 0 aromatic rings. The Kier molecular flexibility index (Phi) is 4.72. The number of hydrogen-bond acceptors (Lipinski definition) is 1. The summed E-state index contributed by atoms with van der Waals surface area (Å²) in [7, 11) is 0. The Morgan fingerprint density at radius 2 is 2.06 bits per heavy atom. The van der Waals surface area contributed by atoms with Crippen LogP contribution in [0.5, 0.6) is 0 Å². The number of rotatable bonds is 4. The van der Waals surface area contributed by atoms with Gasteiger partial charge < -0.3 is 5.41 Å². The SMILES string of the molecule is CC/C=C\C(C)/C=C1\C(=N)CC(C)=C1CC. The highest BCUT2D eigenvalue weighted by Gasteiger charge is 2.20. The summed E-state index contributed by atoms with van der Waals surface area (Å²) in [6, 6.07) is 0. The fourth-order valence-corrected chi connectivity index (χ4v) is 2.24. The van der Waals surface area contributed by atoms with Crippen molar-refractivity contribution >= 4 is 5.71 Å². The molecule has 0 saturated heterocycles. The van der Waals surface area contributed by atoms with Gasteiger partial charge in [-0.2, -0.15) is 0 Å². The predicted octanol–water partition coefficient (Wildman–Crippen LogP) is 4.67. The molecule has 0 aromatic heterocycles. The van der Waals surface area contributed by atoms with Crippen molar-refractivity contribution in [2.45, 2.75) is 47.0 Å². The first kappa shape index (κ1) is 13.0. The fraction of sp³-hybridized carbons (Fsp3) is 0.533. The zero-order valence-corrected chi connectivity index (χ0v) is 10.9. The van der Waals surface area contributed by atoms with Crippen molar-refractivity contribution in [1.29, 1.82) is 5.41 Å². The molecule has 1 unspecified atom stereocenters. The number of hydrogen-bond donors (Lipinski definition) is 1. The van der Waals surface area contributed by atoms with Crippen molar-refractivity contribution in [3.63, 3.8) is 0 Å². The highest BCUT2D eigenvalue weighted by atomic mass is 14.5. The van der Waals surface area contributed by atoms with Crippen molar-refractivity contribution in [2.75, 3.05) is 0 Å². The Hall–Kier alpha value is -1.11. The van der Waals surface area contributed by atoms with Crippen molar-refractivity contribution in [3.8, 4) is 0 Å². The molecular weight excluding hydrogens is 194 g/mol. The molecule has 0 fully saturated rings. The average molecular weight is 217 g/mol. The van der Waals surface area contributed by atoms with E-state index in [-0.39, 0.29) is 0 Å². The van der Waals surface area contributed by atoms with E-state index in [4.69, 9.17) is 5.41 Å². The molecule has 88 valence electrons. The van der Waals surface area contributed by atoms with Gasteiger partial charge in [-0.05, 0) is 36.8 Å². The van der Waals surface area contributed by atoms with Gasteiger partial charge in [0.15, 0.2) is 0 Å². The molecule has 0 saturated carbocycles. The van der Waals surface area contributed by atoms with Gasteiger partial charge >= 0.3 is 0 Å². The maximum absolute atomic E-state index is 8.01. The van der Waals surface area contributed by atoms with Crippen LogP contribution in [0, 0.1) is 11.3 Å². The van der Waals surface area contributed by atoms with E-state index in [2.05, 4.69) is 45.9 Å². The molecule has 1 N–H and O–H groups in total. The maximum Gasteiger partial charge on any atom is 0.0426 e. The summed E-state index contributed by atoms with van der Waals surface area (Å²) in [5.74, 6) is 0.433. The van der Waals surface area contributed by atoms with Gasteiger partial charge in [-0.15, -0.1) is 0 Å². The van der Waals surface area contributed by atoms with E-state index in [0.717, 1.165) is 25.0 Å².